The zero-order valence-corrected chi connectivity index (χ0v) is 15.7. The van der Waals surface area contributed by atoms with Crippen LogP contribution in [0.3, 0.4) is 0 Å². The molecule has 1 amide bonds. The molecule has 142 valence electrons. The van der Waals surface area contributed by atoms with Gasteiger partial charge in [-0.1, -0.05) is 30.2 Å². The number of carbonyl (C=O) groups excluding carboxylic acids is 1. The van der Waals surface area contributed by atoms with Crippen molar-refractivity contribution in [2.24, 2.45) is 5.73 Å². The average molecular weight is 389 g/mol. The van der Waals surface area contributed by atoms with E-state index in [0.717, 1.165) is 48.4 Å². The van der Waals surface area contributed by atoms with Crippen LogP contribution in [0, 0.1) is 5.82 Å². The van der Waals surface area contributed by atoms with E-state index in [0.29, 0.717) is 0 Å². The van der Waals surface area contributed by atoms with E-state index in [-0.39, 0.29) is 23.8 Å². The fourth-order valence-electron chi connectivity index (χ4n) is 4.39. The number of primary amides is 1. The molecule has 1 atom stereocenters. The van der Waals surface area contributed by atoms with Crippen molar-refractivity contribution in [1.82, 2.24) is 5.32 Å². The predicted molar refractivity (Wildman–Crippen MR) is 103 cm³/mol. The van der Waals surface area contributed by atoms with E-state index in [1.54, 1.807) is 6.07 Å². The molecule has 1 saturated carbocycles. The Bertz CT molecular complexity index is 865. The lowest BCUT2D eigenvalue weighted by molar-refractivity contribution is -0.120. The van der Waals surface area contributed by atoms with Crippen molar-refractivity contribution in [2.75, 3.05) is 13.2 Å². The summed E-state index contributed by atoms with van der Waals surface area (Å²) in [4.78, 5) is 11.0. The molecule has 0 aromatic heterocycles. The molecule has 1 fully saturated rings. The molecule has 0 saturated heterocycles. The van der Waals surface area contributed by atoms with Gasteiger partial charge in [-0.3, -0.25) is 4.79 Å². The van der Waals surface area contributed by atoms with E-state index >= 15 is 0 Å². The van der Waals surface area contributed by atoms with Gasteiger partial charge in [-0.05, 0) is 66.8 Å². The average Bonchev–Trinajstić information content (AvgIpc) is 2.60. The number of rotatable bonds is 5. The summed E-state index contributed by atoms with van der Waals surface area (Å²) in [5.74, 6) is -1.00. The summed E-state index contributed by atoms with van der Waals surface area (Å²) in [6.45, 7) is 0.462. The monoisotopic (exact) mass is 388 g/mol. The van der Waals surface area contributed by atoms with Crippen molar-refractivity contribution in [3.63, 3.8) is 0 Å². The van der Waals surface area contributed by atoms with Gasteiger partial charge in [0.15, 0.2) is 18.2 Å². The van der Waals surface area contributed by atoms with Crippen LogP contribution in [0.25, 0.3) is 0 Å². The van der Waals surface area contributed by atoms with Crippen molar-refractivity contribution >= 4 is 17.5 Å². The molecule has 2 aromatic rings. The Morgan fingerprint density at radius 1 is 1.30 bits per heavy atom. The SMILES string of the molecule is NC(=O)COc1cc2c(cc1F)CCNC2C1(c2ccc(Cl)cc2)CCC1. The highest BCUT2D eigenvalue weighted by Gasteiger charge is 2.47. The van der Waals surface area contributed by atoms with Crippen LogP contribution in [0.4, 0.5) is 4.39 Å². The summed E-state index contributed by atoms with van der Waals surface area (Å²) in [7, 11) is 0. The predicted octanol–water partition coefficient (Wildman–Crippen LogP) is 3.65. The lowest BCUT2D eigenvalue weighted by Gasteiger charge is -2.50. The molecule has 1 aliphatic heterocycles. The van der Waals surface area contributed by atoms with E-state index in [4.69, 9.17) is 22.1 Å². The molecule has 0 radical (unpaired) electrons. The summed E-state index contributed by atoms with van der Waals surface area (Å²) in [6, 6.07) is 11.4. The van der Waals surface area contributed by atoms with Gasteiger partial charge in [-0.15, -0.1) is 0 Å². The molecule has 0 spiro atoms. The lowest BCUT2D eigenvalue weighted by Crippen LogP contribution is -2.49. The third kappa shape index (κ3) is 3.30. The number of benzene rings is 2. The molecule has 2 aromatic carbocycles. The third-order valence-electron chi connectivity index (χ3n) is 5.83. The minimum absolute atomic E-state index is 0.0431. The largest absolute Gasteiger partial charge is 0.481 e. The first-order valence-corrected chi connectivity index (χ1v) is 9.60. The van der Waals surface area contributed by atoms with Crippen molar-refractivity contribution in [2.45, 2.75) is 37.1 Å². The van der Waals surface area contributed by atoms with E-state index in [2.05, 4.69) is 17.4 Å². The van der Waals surface area contributed by atoms with Gasteiger partial charge in [0, 0.05) is 16.5 Å². The first-order chi connectivity index (χ1) is 13.0. The van der Waals surface area contributed by atoms with E-state index in [9.17, 15) is 9.18 Å². The normalized spacial score (nSPS) is 20.4. The minimum atomic E-state index is -0.626. The second kappa shape index (κ2) is 7.13. The maximum atomic E-state index is 14.4. The van der Waals surface area contributed by atoms with Crippen molar-refractivity contribution in [1.29, 1.82) is 0 Å². The number of nitrogens with two attached hydrogens (primary N) is 1. The van der Waals surface area contributed by atoms with Gasteiger partial charge >= 0.3 is 0 Å². The van der Waals surface area contributed by atoms with E-state index in [1.165, 1.54) is 11.6 Å². The maximum Gasteiger partial charge on any atom is 0.255 e. The van der Waals surface area contributed by atoms with Gasteiger partial charge < -0.3 is 15.8 Å². The molecule has 27 heavy (non-hydrogen) atoms. The summed E-state index contributed by atoms with van der Waals surface area (Å²) in [5.41, 5.74) is 8.36. The van der Waals surface area contributed by atoms with E-state index in [1.807, 2.05) is 12.1 Å². The highest BCUT2D eigenvalue weighted by atomic mass is 35.5. The summed E-state index contributed by atoms with van der Waals surface area (Å²) in [6.07, 6.45) is 4.03. The molecule has 6 heteroatoms. The second-order valence-electron chi connectivity index (χ2n) is 7.39. The molecule has 3 N–H and O–H groups in total. The van der Waals surface area contributed by atoms with Crippen LogP contribution in [-0.4, -0.2) is 19.1 Å². The summed E-state index contributed by atoms with van der Waals surface area (Å²) >= 11 is 6.08. The Balaban J connectivity index is 1.74. The highest BCUT2D eigenvalue weighted by Crippen LogP contribution is 2.54. The van der Waals surface area contributed by atoms with Crippen LogP contribution in [-0.2, 0) is 16.6 Å². The zero-order valence-electron chi connectivity index (χ0n) is 14.9. The fourth-order valence-corrected chi connectivity index (χ4v) is 4.52. The molecule has 1 unspecified atom stereocenters. The van der Waals surface area contributed by atoms with Crippen molar-refractivity contribution in [3.05, 3.63) is 63.9 Å². The number of hydrogen-bond donors (Lipinski definition) is 2. The number of halogens is 2. The molecule has 0 bridgehead atoms. The molecule has 1 heterocycles. The van der Waals surface area contributed by atoms with Gasteiger partial charge in [0.25, 0.3) is 5.91 Å². The second-order valence-corrected chi connectivity index (χ2v) is 7.83. The van der Waals surface area contributed by atoms with E-state index < -0.39 is 11.7 Å². The Kier molecular flexibility index (Phi) is 4.82. The van der Waals surface area contributed by atoms with Gasteiger partial charge in [0.2, 0.25) is 0 Å². The molecule has 2 aliphatic rings. The number of nitrogens with one attached hydrogen (secondary N) is 1. The van der Waals surface area contributed by atoms with Crippen LogP contribution in [0.1, 0.15) is 42.0 Å². The number of carbonyl (C=O) groups is 1. The molecular weight excluding hydrogens is 367 g/mol. The fraction of sp³-hybridized carbons (Fsp3) is 0.381. The Hall–Kier alpha value is -2.11. The molecular formula is C21H22ClFN2O2. The highest BCUT2D eigenvalue weighted by molar-refractivity contribution is 6.30. The van der Waals surface area contributed by atoms with Crippen LogP contribution in [0.5, 0.6) is 5.75 Å². The standard InChI is InChI=1S/C21H22ClFN2O2/c22-15-4-2-14(3-5-15)21(7-1-8-21)20-16-11-18(27-12-19(24)26)17(23)10-13(16)6-9-25-20/h2-5,10-11,20,25H,1,6-9,12H2,(H2,24,26). The molecule has 4 rings (SSSR count). The minimum Gasteiger partial charge on any atom is -0.481 e. The summed E-state index contributed by atoms with van der Waals surface area (Å²) < 4.78 is 19.7. The Labute approximate surface area is 162 Å². The van der Waals surface area contributed by atoms with Crippen LogP contribution in [0.2, 0.25) is 5.02 Å². The maximum absolute atomic E-state index is 14.4. The van der Waals surface area contributed by atoms with Crippen molar-refractivity contribution < 1.29 is 13.9 Å². The number of ether oxygens (including phenoxy) is 1. The first-order valence-electron chi connectivity index (χ1n) is 9.22. The topological polar surface area (TPSA) is 64.4 Å². The Morgan fingerprint density at radius 2 is 2.04 bits per heavy atom. The molecule has 1 aliphatic carbocycles. The third-order valence-corrected chi connectivity index (χ3v) is 6.09. The number of fused-ring (bicyclic) bond motifs is 1. The Morgan fingerprint density at radius 3 is 2.67 bits per heavy atom. The summed E-state index contributed by atoms with van der Waals surface area (Å²) in [5, 5.41) is 4.36. The van der Waals surface area contributed by atoms with Crippen LogP contribution < -0.4 is 15.8 Å². The quantitative estimate of drug-likeness (QED) is 0.821. The first kappa shape index (κ1) is 18.3. The van der Waals surface area contributed by atoms with Crippen LogP contribution >= 0.6 is 11.6 Å². The van der Waals surface area contributed by atoms with Crippen LogP contribution in [0.15, 0.2) is 36.4 Å². The van der Waals surface area contributed by atoms with Gasteiger partial charge in [0.1, 0.15) is 0 Å². The number of hydrogen-bond acceptors (Lipinski definition) is 3. The van der Waals surface area contributed by atoms with Gasteiger partial charge in [-0.2, -0.15) is 0 Å². The van der Waals surface area contributed by atoms with Crippen molar-refractivity contribution in [3.8, 4) is 5.75 Å². The van der Waals surface area contributed by atoms with Gasteiger partial charge in [-0.25, -0.2) is 4.39 Å². The smallest absolute Gasteiger partial charge is 0.255 e. The zero-order chi connectivity index (χ0) is 19.0. The molecule has 4 nitrogen and oxygen atoms in total. The lowest BCUT2D eigenvalue weighted by atomic mass is 9.58. The van der Waals surface area contributed by atoms with Gasteiger partial charge in [0.05, 0.1) is 0 Å². The number of amides is 1.